The van der Waals surface area contributed by atoms with Gasteiger partial charge in [-0.1, -0.05) is 0 Å². The van der Waals surface area contributed by atoms with Crippen molar-refractivity contribution in [2.45, 2.75) is 0 Å². The summed E-state index contributed by atoms with van der Waals surface area (Å²) in [6.07, 6.45) is -1.06. The second-order valence-electron chi connectivity index (χ2n) is 4.11. The minimum atomic E-state index is -0.532. The Morgan fingerprint density at radius 3 is 1.47 bits per heavy atom. The molecule has 96 valence electrons. The van der Waals surface area contributed by atoms with Crippen molar-refractivity contribution in [1.29, 1.82) is 0 Å². The van der Waals surface area contributed by atoms with E-state index in [0.717, 1.165) is 26.2 Å². The van der Waals surface area contributed by atoms with Crippen molar-refractivity contribution in [1.82, 2.24) is 20.4 Å². The Morgan fingerprint density at radius 2 is 1.12 bits per heavy atom. The van der Waals surface area contributed by atoms with Crippen LogP contribution in [0.4, 0.5) is 9.59 Å². The largest absolute Gasteiger partial charge is 0.418 e. The lowest BCUT2D eigenvalue weighted by molar-refractivity contribution is 0.0884. The zero-order chi connectivity index (χ0) is 12.1. The Morgan fingerprint density at radius 1 is 0.765 bits per heavy atom. The highest BCUT2D eigenvalue weighted by molar-refractivity contribution is 5.83. The minimum Gasteiger partial charge on any atom is -0.359 e. The Kier molecular flexibility index (Phi) is 4.16. The number of amides is 2. The fourth-order valence-corrected chi connectivity index (χ4v) is 1.90. The standard InChI is InChI=1S/C10H18N4O3/c15-9(13-5-1-11-2-6-13)17-10(16)14-7-3-12-4-8-14/h11-12H,1-8H2. The van der Waals surface area contributed by atoms with Crippen LogP contribution in [-0.4, -0.2) is 74.3 Å². The third-order valence-corrected chi connectivity index (χ3v) is 2.93. The van der Waals surface area contributed by atoms with Crippen LogP contribution in [0.2, 0.25) is 0 Å². The predicted octanol–water partition coefficient (Wildman–Crippen LogP) is -0.947. The summed E-state index contributed by atoms with van der Waals surface area (Å²) in [6, 6.07) is 0. The summed E-state index contributed by atoms with van der Waals surface area (Å²) >= 11 is 0. The summed E-state index contributed by atoms with van der Waals surface area (Å²) < 4.78 is 4.85. The molecule has 2 rings (SSSR count). The van der Waals surface area contributed by atoms with Crippen molar-refractivity contribution in [2.75, 3.05) is 52.4 Å². The van der Waals surface area contributed by atoms with E-state index in [1.54, 1.807) is 9.80 Å². The molecule has 2 heterocycles. The molecule has 0 aromatic carbocycles. The lowest BCUT2D eigenvalue weighted by Crippen LogP contribution is -2.50. The highest BCUT2D eigenvalue weighted by Gasteiger charge is 2.24. The van der Waals surface area contributed by atoms with Crippen molar-refractivity contribution in [3.63, 3.8) is 0 Å². The van der Waals surface area contributed by atoms with Gasteiger partial charge in [0.1, 0.15) is 0 Å². The molecule has 2 saturated heterocycles. The summed E-state index contributed by atoms with van der Waals surface area (Å²) in [5.41, 5.74) is 0. The van der Waals surface area contributed by atoms with Crippen LogP contribution in [0.1, 0.15) is 0 Å². The van der Waals surface area contributed by atoms with E-state index in [4.69, 9.17) is 4.74 Å². The number of hydrogen-bond acceptors (Lipinski definition) is 5. The van der Waals surface area contributed by atoms with Gasteiger partial charge in [-0.25, -0.2) is 9.59 Å². The molecular formula is C10H18N4O3. The van der Waals surface area contributed by atoms with Crippen LogP contribution < -0.4 is 10.6 Å². The van der Waals surface area contributed by atoms with E-state index in [0.29, 0.717) is 26.2 Å². The monoisotopic (exact) mass is 242 g/mol. The maximum Gasteiger partial charge on any atom is 0.418 e. The Bertz CT molecular complexity index is 257. The van der Waals surface area contributed by atoms with Crippen LogP contribution in [0.15, 0.2) is 0 Å². The van der Waals surface area contributed by atoms with Gasteiger partial charge in [-0.05, 0) is 0 Å². The van der Waals surface area contributed by atoms with E-state index in [1.807, 2.05) is 0 Å². The summed E-state index contributed by atoms with van der Waals surface area (Å²) in [6.45, 7) is 5.35. The average Bonchev–Trinajstić information content (AvgIpc) is 2.40. The zero-order valence-corrected chi connectivity index (χ0v) is 9.78. The molecular weight excluding hydrogens is 224 g/mol. The first-order valence-electron chi connectivity index (χ1n) is 5.94. The Hall–Kier alpha value is -1.34. The summed E-state index contributed by atoms with van der Waals surface area (Å²) in [4.78, 5) is 26.4. The van der Waals surface area contributed by atoms with E-state index >= 15 is 0 Å². The van der Waals surface area contributed by atoms with Gasteiger partial charge in [0.25, 0.3) is 0 Å². The molecule has 2 fully saturated rings. The lowest BCUT2D eigenvalue weighted by atomic mass is 10.4. The van der Waals surface area contributed by atoms with Crippen molar-refractivity contribution in [2.24, 2.45) is 0 Å². The molecule has 7 nitrogen and oxygen atoms in total. The van der Waals surface area contributed by atoms with E-state index < -0.39 is 12.2 Å². The highest BCUT2D eigenvalue weighted by atomic mass is 16.6. The topological polar surface area (TPSA) is 73.9 Å². The van der Waals surface area contributed by atoms with Gasteiger partial charge in [0.2, 0.25) is 0 Å². The molecule has 2 aliphatic rings. The lowest BCUT2D eigenvalue weighted by Gasteiger charge is -2.29. The number of carbonyl (C=O) groups excluding carboxylic acids is 2. The van der Waals surface area contributed by atoms with Crippen LogP contribution in [0.5, 0.6) is 0 Å². The van der Waals surface area contributed by atoms with Gasteiger partial charge < -0.3 is 25.2 Å². The number of ether oxygens (including phenoxy) is 1. The Labute approximate surface area is 100 Å². The van der Waals surface area contributed by atoms with Crippen molar-refractivity contribution in [3.8, 4) is 0 Å². The fourth-order valence-electron chi connectivity index (χ4n) is 1.90. The molecule has 2 amide bonds. The maximum atomic E-state index is 11.7. The second-order valence-corrected chi connectivity index (χ2v) is 4.11. The molecule has 0 unspecified atom stereocenters. The molecule has 0 radical (unpaired) electrons. The molecule has 7 heteroatoms. The summed E-state index contributed by atoms with van der Waals surface area (Å²) in [7, 11) is 0. The molecule has 17 heavy (non-hydrogen) atoms. The molecule has 0 aromatic rings. The first-order chi connectivity index (χ1) is 8.27. The first-order valence-corrected chi connectivity index (χ1v) is 5.94. The van der Waals surface area contributed by atoms with E-state index in [1.165, 1.54) is 0 Å². The Balaban J connectivity index is 1.78. The fraction of sp³-hybridized carbons (Fsp3) is 0.800. The van der Waals surface area contributed by atoms with Crippen LogP contribution in [0.25, 0.3) is 0 Å². The third kappa shape index (κ3) is 3.31. The third-order valence-electron chi connectivity index (χ3n) is 2.93. The number of nitrogens with one attached hydrogen (secondary N) is 2. The molecule has 0 saturated carbocycles. The molecule has 0 bridgehead atoms. The molecule has 2 N–H and O–H groups in total. The quantitative estimate of drug-likeness (QED) is 0.536. The average molecular weight is 242 g/mol. The highest BCUT2D eigenvalue weighted by Crippen LogP contribution is 2.02. The number of hydrogen-bond donors (Lipinski definition) is 2. The number of rotatable bonds is 0. The number of nitrogens with zero attached hydrogens (tertiary/aromatic N) is 2. The van der Waals surface area contributed by atoms with E-state index in [-0.39, 0.29) is 0 Å². The van der Waals surface area contributed by atoms with Gasteiger partial charge in [0.05, 0.1) is 0 Å². The smallest absolute Gasteiger partial charge is 0.359 e. The van der Waals surface area contributed by atoms with Gasteiger partial charge in [0, 0.05) is 52.4 Å². The molecule has 0 aliphatic carbocycles. The van der Waals surface area contributed by atoms with E-state index in [2.05, 4.69) is 10.6 Å². The van der Waals surface area contributed by atoms with Gasteiger partial charge in [-0.15, -0.1) is 0 Å². The normalized spacial score (nSPS) is 21.2. The van der Waals surface area contributed by atoms with Crippen LogP contribution in [0.3, 0.4) is 0 Å². The number of carbonyl (C=O) groups is 2. The molecule has 0 aromatic heterocycles. The van der Waals surface area contributed by atoms with Crippen LogP contribution >= 0.6 is 0 Å². The van der Waals surface area contributed by atoms with E-state index in [9.17, 15) is 9.59 Å². The van der Waals surface area contributed by atoms with Crippen molar-refractivity contribution >= 4 is 12.2 Å². The van der Waals surface area contributed by atoms with Crippen molar-refractivity contribution in [3.05, 3.63) is 0 Å². The maximum absolute atomic E-state index is 11.7. The van der Waals surface area contributed by atoms with Crippen molar-refractivity contribution < 1.29 is 14.3 Å². The number of piperazine rings is 2. The van der Waals surface area contributed by atoms with Gasteiger partial charge >= 0.3 is 12.2 Å². The molecule has 0 spiro atoms. The SMILES string of the molecule is O=C(OC(=O)N1CCNCC1)N1CCNCC1. The molecule has 0 atom stereocenters. The first kappa shape index (κ1) is 12.1. The minimum absolute atomic E-state index is 0.532. The predicted molar refractivity (Wildman–Crippen MR) is 60.8 cm³/mol. The van der Waals surface area contributed by atoms with Gasteiger partial charge in [-0.3, -0.25) is 0 Å². The zero-order valence-electron chi connectivity index (χ0n) is 9.78. The van der Waals surface area contributed by atoms with Crippen LogP contribution in [-0.2, 0) is 4.74 Å². The second kappa shape index (κ2) is 5.83. The summed E-state index contributed by atoms with van der Waals surface area (Å²) in [5.74, 6) is 0. The van der Waals surface area contributed by atoms with Crippen LogP contribution in [0, 0.1) is 0 Å². The molecule has 2 aliphatic heterocycles. The summed E-state index contributed by atoms with van der Waals surface area (Å²) in [5, 5.41) is 6.27. The van der Waals surface area contributed by atoms with Gasteiger partial charge in [-0.2, -0.15) is 0 Å². The van der Waals surface area contributed by atoms with Gasteiger partial charge in [0.15, 0.2) is 0 Å².